The molecular weight excluding hydrogens is 148 g/mol. The normalized spacial score (nSPS) is 51.8. The summed E-state index contributed by atoms with van der Waals surface area (Å²) in [4.78, 5) is 0. The van der Waals surface area contributed by atoms with Crippen LogP contribution < -0.4 is 0 Å². The molecule has 0 heterocycles. The minimum Gasteiger partial charge on any atom is -0.396 e. The van der Waals surface area contributed by atoms with Gasteiger partial charge in [0, 0.05) is 6.61 Å². The largest absolute Gasteiger partial charge is 0.396 e. The van der Waals surface area contributed by atoms with E-state index in [9.17, 15) is 5.11 Å². The van der Waals surface area contributed by atoms with E-state index < -0.39 is 0 Å². The fourth-order valence-corrected chi connectivity index (χ4v) is 4.16. The molecule has 0 aliphatic heterocycles. The molecule has 1 heteroatoms. The zero-order chi connectivity index (χ0) is 8.18. The highest BCUT2D eigenvalue weighted by molar-refractivity contribution is 5.13. The van der Waals surface area contributed by atoms with Crippen molar-refractivity contribution in [2.45, 2.75) is 38.5 Å². The van der Waals surface area contributed by atoms with E-state index in [1.165, 1.54) is 38.5 Å². The van der Waals surface area contributed by atoms with Gasteiger partial charge in [0.25, 0.3) is 0 Å². The second kappa shape index (κ2) is 2.25. The number of aliphatic hydroxyl groups is 1. The van der Waals surface area contributed by atoms with E-state index >= 15 is 0 Å². The fourth-order valence-electron chi connectivity index (χ4n) is 4.16. The average molecular weight is 165 g/mol. The Balaban J connectivity index is 1.90. The van der Waals surface area contributed by atoms with Crippen molar-refractivity contribution in [2.75, 3.05) is 6.61 Å². The summed E-state index contributed by atoms with van der Waals surface area (Å²) >= 11 is 0. The van der Waals surface area contributed by atoms with Crippen LogP contribution in [0.4, 0.5) is 0 Å². The van der Waals surface area contributed by atoms with Crippen molar-refractivity contribution in [2.24, 2.45) is 17.3 Å². The van der Waals surface area contributed by atoms with Gasteiger partial charge in [-0.15, -0.1) is 0 Å². The Labute approximate surface area is 74.2 Å². The van der Waals surface area contributed by atoms with Gasteiger partial charge in [-0.05, 0) is 61.7 Å². The van der Waals surface area contributed by atoms with E-state index in [1.807, 2.05) is 0 Å². The van der Waals surface area contributed by atoms with Crippen LogP contribution in [0, 0.1) is 23.2 Å². The molecule has 4 fully saturated rings. The molecule has 4 saturated carbocycles. The molecular formula is C11H17O. The van der Waals surface area contributed by atoms with Gasteiger partial charge in [0.2, 0.25) is 0 Å². The molecule has 4 aliphatic carbocycles. The van der Waals surface area contributed by atoms with Crippen LogP contribution in [0.5, 0.6) is 0 Å². The standard InChI is InChI=1S/C11H17O/c12-7-11-4-8-1-9(5-11)3-10(2-8)6-11/h8-9,12H,1-7H2. The predicted molar refractivity (Wildman–Crippen MR) is 47.4 cm³/mol. The summed E-state index contributed by atoms with van der Waals surface area (Å²) in [5, 5.41) is 9.42. The lowest BCUT2D eigenvalue weighted by atomic mass is 9.50. The second-order valence-corrected chi connectivity index (χ2v) is 5.37. The van der Waals surface area contributed by atoms with Gasteiger partial charge < -0.3 is 5.11 Å². The first-order valence-electron chi connectivity index (χ1n) is 5.24. The lowest BCUT2D eigenvalue weighted by Gasteiger charge is -2.55. The monoisotopic (exact) mass is 165 g/mol. The Morgan fingerprint density at radius 2 is 1.92 bits per heavy atom. The van der Waals surface area contributed by atoms with Crippen molar-refractivity contribution in [1.82, 2.24) is 0 Å². The quantitative estimate of drug-likeness (QED) is 0.631. The molecule has 2 unspecified atom stereocenters. The predicted octanol–water partition coefficient (Wildman–Crippen LogP) is 2.15. The first kappa shape index (κ1) is 7.37. The van der Waals surface area contributed by atoms with Crippen molar-refractivity contribution in [1.29, 1.82) is 0 Å². The Hall–Kier alpha value is -0.0400. The zero-order valence-corrected chi connectivity index (χ0v) is 7.55. The maximum Gasteiger partial charge on any atom is 0.0487 e. The van der Waals surface area contributed by atoms with Gasteiger partial charge in [-0.25, -0.2) is 0 Å². The first-order chi connectivity index (χ1) is 5.80. The molecule has 12 heavy (non-hydrogen) atoms. The highest BCUT2D eigenvalue weighted by Crippen LogP contribution is 2.60. The molecule has 2 atom stereocenters. The van der Waals surface area contributed by atoms with Crippen LogP contribution in [0.1, 0.15) is 38.5 Å². The Kier molecular flexibility index (Phi) is 1.39. The number of hydrogen-bond donors (Lipinski definition) is 1. The minimum atomic E-state index is 0.361. The smallest absolute Gasteiger partial charge is 0.0487 e. The van der Waals surface area contributed by atoms with Crippen LogP contribution in [0.3, 0.4) is 0 Å². The van der Waals surface area contributed by atoms with Gasteiger partial charge >= 0.3 is 0 Å². The van der Waals surface area contributed by atoms with E-state index in [0.29, 0.717) is 12.0 Å². The summed E-state index contributed by atoms with van der Waals surface area (Å²) in [6, 6.07) is 0. The van der Waals surface area contributed by atoms with E-state index in [0.717, 1.165) is 11.8 Å². The molecule has 4 aliphatic rings. The zero-order valence-electron chi connectivity index (χ0n) is 7.55. The van der Waals surface area contributed by atoms with Crippen LogP contribution in [0.2, 0.25) is 0 Å². The third-order valence-electron chi connectivity index (χ3n) is 4.23. The maximum atomic E-state index is 9.42. The van der Waals surface area contributed by atoms with Crippen molar-refractivity contribution in [3.63, 3.8) is 0 Å². The van der Waals surface area contributed by atoms with Gasteiger partial charge in [-0.2, -0.15) is 0 Å². The molecule has 0 spiro atoms. The van der Waals surface area contributed by atoms with Crippen molar-refractivity contribution in [3.05, 3.63) is 5.92 Å². The molecule has 0 saturated heterocycles. The summed E-state index contributed by atoms with van der Waals surface area (Å²) < 4.78 is 0. The molecule has 4 bridgehead atoms. The fraction of sp³-hybridized carbons (Fsp3) is 0.909. The summed E-state index contributed by atoms with van der Waals surface area (Å²) in [5.74, 6) is 3.68. The summed E-state index contributed by atoms with van der Waals surface area (Å²) in [6.45, 7) is 0.448. The maximum absolute atomic E-state index is 9.42. The van der Waals surface area contributed by atoms with Crippen LogP contribution >= 0.6 is 0 Å². The summed E-state index contributed by atoms with van der Waals surface area (Å²) in [7, 11) is 0. The molecule has 0 amide bonds. The Morgan fingerprint density at radius 1 is 1.25 bits per heavy atom. The minimum absolute atomic E-state index is 0.361. The molecule has 4 rings (SSSR count). The van der Waals surface area contributed by atoms with Crippen LogP contribution in [-0.4, -0.2) is 11.7 Å². The second-order valence-electron chi connectivity index (χ2n) is 5.37. The lowest BCUT2D eigenvalue weighted by molar-refractivity contribution is -0.0321. The molecule has 1 radical (unpaired) electrons. The van der Waals surface area contributed by atoms with Crippen molar-refractivity contribution in [3.8, 4) is 0 Å². The van der Waals surface area contributed by atoms with Gasteiger partial charge in [-0.1, -0.05) is 0 Å². The first-order valence-corrected chi connectivity index (χ1v) is 5.24. The van der Waals surface area contributed by atoms with E-state index in [1.54, 1.807) is 5.92 Å². The third kappa shape index (κ3) is 0.891. The summed E-state index contributed by atoms with van der Waals surface area (Å²) in [5.41, 5.74) is 0.361. The van der Waals surface area contributed by atoms with Crippen LogP contribution in [-0.2, 0) is 0 Å². The molecule has 67 valence electrons. The van der Waals surface area contributed by atoms with E-state index in [2.05, 4.69) is 0 Å². The summed E-state index contributed by atoms with van der Waals surface area (Å²) in [6.07, 6.45) is 8.17. The van der Waals surface area contributed by atoms with E-state index in [-0.39, 0.29) is 0 Å². The van der Waals surface area contributed by atoms with Gasteiger partial charge in [0.1, 0.15) is 0 Å². The van der Waals surface area contributed by atoms with Crippen LogP contribution in [0.15, 0.2) is 0 Å². The molecule has 1 N–H and O–H groups in total. The SMILES string of the molecule is OCC12C[C]3CC(CC(C3)C1)C2. The Morgan fingerprint density at radius 3 is 2.42 bits per heavy atom. The average Bonchev–Trinajstić information content (AvgIpc) is 2.02. The molecule has 0 aromatic carbocycles. The topological polar surface area (TPSA) is 20.2 Å². The Bertz CT molecular complexity index is 162. The van der Waals surface area contributed by atoms with Crippen molar-refractivity contribution < 1.29 is 5.11 Å². The van der Waals surface area contributed by atoms with Gasteiger partial charge in [0.15, 0.2) is 0 Å². The van der Waals surface area contributed by atoms with Crippen LogP contribution in [0.25, 0.3) is 0 Å². The van der Waals surface area contributed by atoms with Gasteiger partial charge in [-0.3, -0.25) is 0 Å². The number of hydrogen-bond acceptors (Lipinski definition) is 1. The molecule has 0 aromatic heterocycles. The van der Waals surface area contributed by atoms with Gasteiger partial charge in [0.05, 0.1) is 0 Å². The highest BCUT2D eigenvalue weighted by Gasteiger charge is 2.50. The lowest BCUT2D eigenvalue weighted by Crippen LogP contribution is -2.46. The number of aliphatic hydroxyl groups excluding tert-OH is 1. The van der Waals surface area contributed by atoms with E-state index in [4.69, 9.17) is 0 Å². The molecule has 1 nitrogen and oxygen atoms in total. The molecule has 0 aromatic rings. The van der Waals surface area contributed by atoms with Crippen molar-refractivity contribution >= 4 is 0 Å². The highest BCUT2D eigenvalue weighted by atomic mass is 16.3. The third-order valence-corrected chi connectivity index (χ3v) is 4.23. The number of rotatable bonds is 1.